The number of carbonyl (C=O) groups is 2. The molecule has 3 aromatic rings. The maximum absolute atomic E-state index is 12.7. The minimum absolute atomic E-state index is 0.0522. The van der Waals surface area contributed by atoms with Gasteiger partial charge in [-0.3, -0.25) is 19.0 Å². The lowest BCUT2D eigenvalue weighted by atomic mass is 10.2. The predicted octanol–water partition coefficient (Wildman–Crippen LogP) is 1.40. The molecule has 0 bridgehead atoms. The van der Waals surface area contributed by atoms with Crippen molar-refractivity contribution in [3.05, 3.63) is 51.5 Å². The van der Waals surface area contributed by atoms with E-state index in [2.05, 4.69) is 15.3 Å². The van der Waals surface area contributed by atoms with E-state index in [1.807, 2.05) is 6.07 Å². The fraction of sp³-hybridized carbons (Fsp3) is 0.278. The number of hydrogen-bond donors (Lipinski definition) is 1. The molecular weight excluding hydrogens is 366 g/mol. The number of rotatable bonds is 3. The van der Waals surface area contributed by atoms with Crippen LogP contribution in [0.3, 0.4) is 0 Å². The quantitative estimate of drug-likeness (QED) is 0.737. The molecule has 0 atom stereocenters. The van der Waals surface area contributed by atoms with Crippen LogP contribution in [0.25, 0.3) is 10.9 Å². The number of para-hydroxylation sites is 1. The average molecular weight is 383 g/mol. The Morgan fingerprint density at radius 3 is 2.93 bits per heavy atom. The second-order valence-electron chi connectivity index (χ2n) is 6.33. The number of nitrogens with zero attached hydrogens (tertiary/aromatic N) is 4. The molecule has 0 spiro atoms. The monoisotopic (exact) mass is 383 g/mol. The Morgan fingerprint density at radius 2 is 2.11 bits per heavy atom. The van der Waals surface area contributed by atoms with Crippen molar-refractivity contribution in [3.8, 4) is 0 Å². The van der Waals surface area contributed by atoms with Gasteiger partial charge in [0, 0.05) is 24.8 Å². The van der Waals surface area contributed by atoms with Crippen LogP contribution in [0.1, 0.15) is 17.5 Å². The molecule has 0 fully saturated rings. The van der Waals surface area contributed by atoms with Crippen LogP contribution in [0.4, 0.5) is 5.13 Å². The van der Waals surface area contributed by atoms with Crippen LogP contribution in [0, 0.1) is 0 Å². The molecule has 0 aliphatic carbocycles. The summed E-state index contributed by atoms with van der Waals surface area (Å²) in [6.45, 7) is 2.35. The van der Waals surface area contributed by atoms with Crippen molar-refractivity contribution in [2.45, 2.75) is 26.4 Å². The molecule has 1 aliphatic heterocycles. The van der Waals surface area contributed by atoms with Crippen LogP contribution in [-0.4, -0.2) is 37.8 Å². The number of nitrogens with one attached hydrogen (secondary N) is 1. The fourth-order valence-electron chi connectivity index (χ4n) is 3.08. The highest BCUT2D eigenvalue weighted by molar-refractivity contribution is 7.15. The van der Waals surface area contributed by atoms with Gasteiger partial charge in [0.1, 0.15) is 6.54 Å². The first-order chi connectivity index (χ1) is 13.0. The van der Waals surface area contributed by atoms with Crippen molar-refractivity contribution in [1.82, 2.24) is 19.4 Å². The van der Waals surface area contributed by atoms with Crippen LogP contribution in [0.5, 0.6) is 0 Å². The van der Waals surface area contributed by atoms with Crippen molar-refractivity contribution in [1.29, 1.82) is 0 Å². The van der Waals surface area contributed by atoms with Crippen LogP contribution >= 0.6 is 11.3 Å². The van der Waals surface area contributed by atoms with Crippen LogP contribution in [0.15, 0.2) is 35.4 Å². The van der Waals surface area contributed by atoms with E-state index in [1.165, 1.54) is 29.2 Å². The third-order valence-electron chi connectivity index (χ3n) is 4.40. The minimum atomic E-state index is -0.225. The zero-order valence-corrected chi connectivity index (χ0v) is 15.5. The van der Waals surface area contributed by atoms with Gasteiger partial charge < -0.3 is 10.2 Å². The summed E-state index contributed by atoms with van der Waals surface area (Å²) < 4.78 is 1.34. The zero-order valence-electron chi connectivity index (χ0n) is 14.6. The van der Waals surface area contributed by atoms with Gasteiger partial charge in [-0.05, 0) is 12.1 Å². The number of benzene rings is 1. The Bertz CT molecular complexity index is 1100. The lowest BCUT2D eigenvalue weighted by Gasteiger charge is -2.26. The van der Waals surface area contributed by atoms with Crippen molar-refractivity contribution in [2.24, 2.45) is 0 Å². The Labute approximate surface area is 158 Å². The number of fused-ring (bicyclic) bond motifs is 2. The molecule has 0 saturated heterocycles. The van der Waals surface area contributed by atoms with E-state index in [1.54, 1.807) is 23.1 Å². The van der Waals surface area contributed by atoms with Gasteiger partial charge in [0.2, 0.25) is 11.8 Å². The van der Waals surface area contributed by atoms with Gasteiger partial charge in [0.05, 0.1) is 29.5 Å². The Morgan fingerprint density at radius 1 is 1.30 bits per heavy atom. The van der Waals surface area contributed by atoms with Crippen LogP contribution in [-0.2, 0) is 29.1 Å². The van der Waals surface area contributed by atoms with Gasteiger partial charge in [0.15, 0.2) is 5.13 Å². The summed E-state index contributed by atoms with van der Waals surface area (Å²) in [6, 6.07) is 7.07. The number of carbonyl (C=O) groups excluding carboxylic acids is 2. The Hall–Kier alpha value is -3.07. The molecule has 0 radical (unpaired) electrons. The molecule has 1 aromatic carbocycles. The molecular formula is C18H17N5O3S. The molecule has 8 nitrogen and oxygen atoms in total. The smallest absolute Gasteiger partial charge is 0.261 e. The summed E-state index contributed by atoms with van der Waals surface area (Å²) >= 11 is 1.38. The van der Waals surface area contributed by atoms with Crippen molar-refractivity contribution in [2.75, 3.05) is 11.9 Å². The summed E-state index contributed by atoms with van der Waals surface area (Å²) in [4.78, 5) is 47.8. The molecule has 4 rings (SSSR count). The molecule has 0 saturated carbocycles. The SMILES string of the molecule is CC(=O)Nc1nc2c(s1)CN(C(=O)Cn1cnc3ccccc3c1=O)CC2. The first-order valence-corrected chi connectivity index (χ1v) is 9.31. The van der Waals surface area contributed by atoms with Gasteiger partial charge in [-0.2, -0.15) is 0 Å². The van der Waals surface area contributed by atoms with Gasteiger partial charge in [-0.25, -0.2) is 9.97 Å². The second kappa shape index (κ2) is 6.92. The van der Waals surface area contributed by atoms with E-state index in [9.17, 15) is 14.4 Å². The first-order valence-electron chi connectivity index (χ1n) is 8.49. The number of anilines is 1. The Balaban J connectivity index is 1.51. The zero-order chi connectivity index (χ0) is 19.0. The highest BCUT2D eigenvalue weighted by Gasteiger charge is 2.24. The summed E-state index contributed by atoms with van der Waals surface area (Å²) in [7, 11) is 0. The summed E-state index contributed by atoms with van der Waals surface area (Å²) in [6.07, 6.45) is 2.04. The minimum Gasteiger partial charge on any atom is -0.336 e. The van der Waals surface area contributed by atoms with E-state index in [0.717, 1.165) is 10.6 Å². The van der Waals surface area contributed by atoms with Crippen LogP contribution in [0.2, 0.25) is 0 Å². The van der Waals surface area contributed by atoms with E-state index in [-0.39, 0.29) is 23.9 Å². The Kier molecular flexibility index (Phi) is 4.44. The molecule has 1 N–H and O–H groups in total. The number of hydrogen-bond acceptors (Lipinski definition) is 6. The maximum atomic E-state index is 12.7. The number of thiazole rings is 1. The molecule has 3 heterocycles. The van der Waals surface area contributed by atoms with Crippen molar-refractivity contribution in [3.63, 3.8) is 0 Å². The average Bonchev–Trinajstić information content (AvgIpc) is 3.04. The molecule has 2 aromatic heterocycles. The largest absolute Gasteiger partial charge is 0.336 e. The van der Waals surface area contributed by atoms with E-state index in [0.29, 0.717) is 35.5 Å². The fourth-order valence-corrected chi connectivity index (χ4v) is 4.15. The third kappa shape index (κ3) is 3.45. The number of amides is 2. The van der Waals surface area contributed by atoms with Crippen molar-refractivity contribution < 1.29 is 9.59 Å². The molecule has 138 valence electrons. The van der Waals surface area contributed by atoms with E-state index >= 15 is 0 Å². The molecule has 0 unspecified atom stereocenters. The highest BCUT2D eigenvalue weighted by atomic mass is 32.1. The van der Waals surface area contributed by atoms with E-state index in [4.69, 9.17) is 0 Å². The summed E-state index contributed by atoms with van der Waals surface area (Å²) in [5.41, 5.74) is 1.30. The second-order valence-corrected chi connectivity index (χ2v) is 7.41. The third-order valence-corrected chi connectivity index (χ3v) is 5.40. The lowest BCUT2D eigenvalue weighted by Crippen LogP contribution is -2.39. The van der Waals surface area contributed by atoms with Gasteiger partial charge in [-0.1, -0.05) is 23.5 Å². The maximum Gasteiger partial charge on any atom is 0.261 e. The molecule has 27 heavy (non-hydrogen) atoms. The van der Waals surface area contributed by atoms with Crippen molar-refractivity contribution >= 4 is 39.2 Å². The summed E-state index contributed by atoms with van der Waals surface area (Å²) in [5, 5.41) is 3.73. The van der Waals surface area contributed by atoms with Gasteiger partial charge in [0.25, 0.3) is 5.56 Å². The van der Waals surface area contributed by atoms with Gasteiger partial charge >= 0.3 is 0 Å². The van der Waals surface area contributed by atoms with Gasteiger partial charge in [-0.15, -0.1) is 0 Å². The number of aromatic nitrogens is 3. The summed E-state index contributed by atoms with van der Waals surface area (Å²) in [5.74, 6) is -0.313. The highest BCUT2D eigenvalue weighted by Crippen LogP contribution is 2.28. The predicted molar refractivity (Wildman–Crippen MR) is 102 cm³/mol. The molecule has 1 aliphatic rings. The lowest BCUT2D eigenvalue weighted by molar-refractivity contribution is -0.132. The first kappa shape index (κ1) is 17.3. The van der Waals surface area contributed by atoms with E-state index < -0.39 is 0 Å². The van der Waals surface area contributed by atoms with Crippen LogP contribution < -0.4 is 10.9 Å². The standard InChI is InChI=1S/C18H17N5O3S/c1-11(24)20-18-21-14-6-7-22(8-15(14)27-18)16(25)9-23-10-19-13-5-3-2-4-12(13)17(23)26/h2-5,10H,6-9H2,1H3,(H,20,21,24). The normalized spacial score (nSPS) is 13.4. The molecule has 2 amide bonds. The topological polar surface area (TPSA) is 97.2 Å². The molecule has 9 heteroatoms.